The molecule has 0 spiro atoms. The van der Waals surface area contributed by atoms with E-state index in [0.29, 0.717) is 0 Å². The van der Waals surface area contributed by atoms with Crippen molar-refractivity contribution in [3.8, 4) is 0 Å². The number of pyridine rings is 1. The number of aromatic nitrogens is 1. The molecule has 0 saturated heterocycles. The van der Waals surface area contributed by atoms with E-state index in [2.05, 4.69) is 10.3 Å². The molecule has 0 atom stereocenters. The first-order chi connectivity index (χ1) is 6.46. The Morgan fingerprint density at radius 1 is 1.57 bits per heavy atom. The predicted octanol–water partition coefficient (Wildman–Crippen LogP) is -0.911. The summed E-state index contributed by atoms with van der Waals surface area (Å²) in [7, 11) is -2.57. The van der Waals surface area contributed by atoms with Crippen LogP contribution in [-0.2, 0) is 10.0 Å². The molecule has 1 heterocycles. The zero-order valence-electron chi connectivity index (χ0n) is 7.39. The van der Waals surface area contributed by atoms with Gasteiger partial charge in [0, 0.05) is 13.2 Å². The summed E-state index contributed by atoms with van der Waals surface area (Å²) in [5.41, 5.74) is -0.0579. The lowest BCUT2D eigenvalue weighted by Crippen LogP contribution is -2.24. The summed E-state index contributed by atoms with van der Waals surface area (Å²) in [6.07, 6.45) is 1.26. The summed E-state index contributed by atoms with van der Waals surface area (Å²) in [5.74, 6) is -0.540. The van der Waals surface area contributed by atoms with Crippen LogP contribution in [0.4, 0.5) is 0 Å². The summed E-state index contributed by atoms with van der Waals surface area (Å²) >= 11 is 0. The number of nitrogens with one attached hydrogen (secondary N) is 1. The lowest BCUT2D eigenvalue weighted by atomic mass is 10.3. The molecule has 0 saturated carbocycles. The van der Waals surface area contributed by atoms with Gasteiger partial charge < -0.3 is 5.32 Å². The molecule has 7 heteroatoms. The number of sulfonamides is 1. The highest BCUT2D eigenvalue weighted by Crippen LogP contribution is 2.09. The van der Waals surface area contributed by atoms with E-state index in [9.17, 15) is 13.2 Å². The predicted molar refractivity (Wildman–Crippen MR) is 49.0 cm³/mol. The van der Waals surface area contributed by atoms with Crippen LogP contribution in [0.25, 0.3) is 0 Å². The summed E-state index contributed by atoms with van der Waals surface area (Å²) < 4.78 is 22.0. The molecule has 1 aromatic rings. The lowest BCUT2D eigenvalue weighted by Gasteiger charge is -2.03. The van der Waals surface area contributed by atoms with Crippen molar-refractivity contribution in [1.82, 2.24) is 10.3 Å². The van der Waals surface area contributed by atoms with Crippen LogP contribution in [0.2, 0.25) is 0 Å². The fourth-order valence-corrected chi connectivity index (χ4v) is 1.60. The topological polar surface area (TPSA) is 102 Å². The highest BCUT2D eigenvalue weighted by atomic mass is 32.2. The van der Waals surface area contributed by atoms with E-state index >= 15 is 0 Å². The lowest BCUT2D eigenvalue weighted by molar-refractivity contribution is 0.0959. The maximum absolute atomic E-state index is 11.2. The van der Waals surface area contributed by atoms with E-state index in [1.165, 1.54) is 25.4 Å². The molecule has 1 amide bonds. The van der Waals surface area contributed by atoms with Crippen LogP contribution in [0.1, 0.15) is 10.4 Å². The van der Waals surface area contributed by atoms with Gasteiger partial charge in [-0.2, -0.15) is 0 Å². The number of carbonyl (C=O) groups excluding carboxylic acids is 1. The van der Waals surface area contributed by atoms with Gasteiger partial charge in [-0.15, -0.1) is 0 Å². The molecule has 0 radical (unpaired) electrons. The molecule has 3 N–H and O–H groups in total. The highest BCUT2D eigenvalue weighted by Gasteiger charge is 2.19. The third kappa shape index (κ3) is 2.06. The van der Waals surface area contributed by atoms with Crippen molar-refractivity contribution in [3.63, 3.8) is 0 Å². The minimum Gasteiger partial charge on any atom is -0.355 e. The average molecular weight is 215 g/mol. The molecule has 1 aromatic heterocycles. The first-order valence-electron chi connectivity index (χ1n) is 3.66. The molecule has 0 bridgehead atoms. The zero-order chi connectivity index (χ0) is 10.8. The van der Waals surface area contributed by atoms with Gasteiger partial charge in [0.15, 0.2) is 5.03 Å². The van der Waals surface area contributed by atoms with Crippen molar-refractivity contribution < 1.29 is 13.2 Å². The van der Waals surface area contributed by atoms with Crippen LogP contribution in [0, 0.1) is 0 Å². The van der Waals surface area contributed by atoms with E-state index in [0.717, 1.165) is 0 Å². The van der Waals surface area contributed by atoms with Gasteiger partial charge in [0.2, 0.25) is 0 Å². The maximum atomic E-state index is 11.2. The number of carbonyl (C=O) groups is 1. The van der Waals surface area contributed by atoms with Crippen molar-refractivity contribution >= 4 is 15.9 Å². The molecule has 14 heavy (non-hydrogen) atoms. The van der Waals surface area contributed by atoms with Gasteiger partial charge in [-0.05, 0) is 12.1 Å². The van der Waals surface area contributed by atoms with Crippen molar-refractivity contribution in [2.45, 2.75) is 5.03 Å². The van der Waals surface area contributed by atoms with Crippen LogP contribution >= 0.6 is 0 Å². The molecule has 0 aromatic carbocycles. The molecule has 0 fully saturated rings. The molecule has 0 aliphatic heterocycles. The number of amides is 1. The van der Waals surface area contributed by atoms with E-state index in [-0.39, 0.29) is 5.56 Å². The van der Waals surface area contributed by atoms with Gasteiger partial charge >= 0.3 is 0 Å². The Balaban J connectivity index is 3.38. The molecule has 0 unspecified atom stereocenters. The number of hydrogen-bond acceptors (Lipinski definition) is 4. The second kappa shape index (κ2) is 3.72. The van der Waals surface area contributed by atoms with Crippen LogP contribution in [0.15, 0.2) is 23.4 Å². The first kappa shape index (κ1) is 10.6. The number of nitrogens with zero attached hydrogens (tertiary/aromatic N) is 1. The van der Waals surface area contributed by atoms with Crippen LogP contribution < -0.4 is 10.5 Å². The molecule has 6 nitrogen and oxygen atoms in total. The summed E-state index contributed by atoms with van der Waals surface area (Å²) in [4.78, 5) is 14.8. The quantitative estimate of drug-likeness (QED) is 0.666. The monoisotopic (exact) mass is 215 g/mol. The Morgan fingerprint density at radius 3 is 2.71 bits per heavy atom. The van der Waals surface area contributed by atoms with E-state index < -0.39 is 21.0 Å². The summed E-state index contributed by atoms with van der Waals surface area (Å²) in [6, 6.07) is 2.80. The Labute approximate surface area is 81.2 Å². The van der Waals surface area contributed by atoms with Crippen LogP contribution in [0.5, 0.6) is 0 Å². The average Bonchev–Trinajstić information content (AvgIpc) is 2.15. The van der Waals surface area contributed by atoms with E-state index in [1.54, 1.807) is 0 Å². The van der Waals surface area contributed by atoms with E-state index in [4.69, 9.17) is 5.14 Å². The molecular weight excluding hydrogens is 206 g/mol. The first-order valence-corrected chi connectivity index (χ1v) is 5.21. The second-order valence-electron chi connectivity index (χ2n) is 2.48. The molecule has 76 valence electrons. The van der Waals surface area contributed by atoms with Crippen LogP contribution in [0.3, 0.4) is 0 Å². The largest absolute Gasteiger partial charge is 0.355 e. The van der Waals surface area contributed by atoms with Gasteiger partial charge in [-0.25, -0.2) is 18.5 Å². The highest BCUT2D eigenvalue weighted by molar-refractivity contribution is 7.89. The SMILES string of the molecule is CNC(=O)c1cccnc1S(N)(=O)=O. The normalized spacial score (nSPS) is 11.0. The Bertz CT molecular complexity index is 455. The van der Waals surface area contributed by atoms with Gasteiger partial charge in [-0.1, -0.05) is 0 Å². The molecule has 1 rings (SSSR count). The van der Waals surface area contributed by atoms with Gasteiger partial charge in [0.05, 0.1) is 5.56 Å². The Kier molecular flexibility index (Phi) is 2.82. The van der Waals surface area contributed by atoms with Crippen molar-refractivity contribution in [3.05, 3.63) is 23.9 Å². The Hall–Kier alpha value is -1.47. The summed E-state index contributed by atoms with van der Waals surface area (Å²) in [6.45, 7) is 0. The van der Waals surface area contributed by atoms with Gasteiger partial charge in [-0.3, -0.25) is 4.79 Å². The van der Waals surface area contributed by atoms with Crippen molar-refractivity contribution in [1.29, 1.82) is 0 Å². The standard InChI is InChI=1S/C7H9N3O3S/c1-9-6(11)5-3-2-4-10-7(5)14(8,12)13/h2-4H,1H3,(H,9,11)(H2,8,12,13). The van der Waals surface area contributed by atoms with Crippen molar-refractivity contribution in [2.24, 2.45) is 5.14 Å². The van der Waals surface area contributed by atoms with Crippen molar-refractivity contribution in [2.75, 3.05) is 7.05 Å². The third-order valence-electron chi connectivity index (χ3n) is 1.51. The molecule has 0 aliphatic rings. The molecule has 0 aliphatic carbocycles. The van der Waals surface area contributed by atoms with Crippen LogP contribution in [-0.4, -0.2) is 26.4 Å². The number of primary sulfonamides is 1. The Morgan fingerprint density at radius 2 is 2.21 bits per heavy atom. The maximum Gasteiger partial charge on any atom is 0.256 e. The number of nitrogens with two attached hydrogens (primary N) is 1. The summed E-state index contributed by atoms with van der Waals surface area (Å²) in [5, 5.41) is 6.76. The molecular formula is C7H9N3O3S. The zero-order valence-corrected chi connectivity index (χ0v) is 8.21. The van der Waals surface area contributed by atoms with Gasteiger partial charge in [0.25, 0.3) is 15.9 Å². The smallest absolute Gasteiger partial charge is 0.256 e. The minimum absolute atomic E-state index is 0.0579. The number of hydrogen-bond donors (Lipinski definition) is 2. The van der Waals surface area contributed by atoms with E-state index in [1.807, 2.05) is 0 Å². The second-order valence-corrected chi connectivity index (χ2v) is 3.96. The third-order valence-corrected chi connectivity index (χ3v) is 2.38. The fraction of sp³-hybridized carbons (Fsp3) is 0.143. The number of rotatable bonds is 2. The fourth-order valence-electron chi connectivity index (χ4n) is 0.925. The minimum atomic E-state index is -3.96. The van der Waals surface area contributed by atoms with Gasteiger partial charge in [0.1, 0.15) is 0 Å².